The van der Waals surface area contributed by atoms with Crippen LogP contribution in [0, 0.1) is 23.2 Å². The molecule has 1 aliphatic heterocycles. The number of likely N-dealkylation sites (tertiary alicyclic amines) is 1. The van der Waals surface area contributed by atoms with Crippen molar-refractivity contribution in [2.24, 2.45) is 28.9 Å². The van der Waals surface area contributed by atoms with E-state index in [1.54, 1.807) is 31.5 Å². The normalized spacial score (nSPS) is 16.9. The summed E-state index contributed by atoms with van der Waals surface area (Å²) in [6, 6.07) is 6.94. The van der Waals surface area contributed by atoms with Gasteiger partial charge in [0.15, 0.2) is 11.6 Å². The summed E-state index contributed by atoms with van der Waals surface area (Å²) in [5.41, 5.74) is 6.63. The molecule has 0 spiro atoms. The summed E-state index contributed by atoms with van der Waals surface area (Å²) in [6.07, 6.45) is 9.23. The Kier molecular flexibility index (Phi) is 25.2. The molecular weight excluding hydrogens is 940 g/mol. The molecule has 1 aromatic heterocycles. The summed E-state index contributed by atoms with van der Waals surface area (Å²) in [4.78, 5) is 105. The number of aliphatic hydroxyl groups excluding tert-OH is 2. The zero-order valence-electron chi connectivity index (χ0n) is 42.7. The highest BCUT2D eigenvalue weighted by molar-refractivity contribution is 7.47. The van der Waals surface area contributed by atoms with E-state index in [2.05, 4.69) is 22.8 Å². The van der Waals surface area contributed by atoms with Crippen molar-refractivity contribution in [3.8, 4) is 0 Å². The number of carbonyl (C=O) groups is 7. The number of phosphoric acid groups is 1. The summed E-state index contributed by atoms with van der Waals surface area (Å²) < 4.78 is 31.1. The molecule has 7 N–H and O–H groups in total. The molecule has 0 saturated carbocycles. The number of aryl methyl sites for hydroxylation is 2. The van der Waals surface area contributed by atoms with Crippen molar-refractivity contribution < 1.29 is 71.6 Å². The van der Waals surface area contributed by atoms with Gasteiger partial charge in [0.25, 0.3) is 0 Å². The molecule has 0 radical (unpaired) electrons. The summed E-state index contributed by atoms with van der Waals surface area (Å²) in [5, 5.41) is 25.7. The Morgan fingerprint density at radius 2 is 1.56 bits per heavy atom. The van der Waals surface area contributed by atoms with Gasteiger partial charge in [-0.25, -0.2) is 18.2 Å². The second-order valence-corrected chi connectivity index (χ2v) is 21.4. The maximum Gasteiger partial charge on any atom is 0.475 e. The van der Waals surface area contributed by atoms with Crippen molar-refractivity contribution in [1.29, 1.82) is 0 Å². The number of unbranched alkanes of at least 4 members (excludes halogenated alkanes) is 5. The topological polar surface area (TPSA) is 287 Å². The Morgan fingerprint density at radius 1 is 0.915 bits per heavy atom. The molecule has 21 heteroatoms. The lowest BCUT2D eigenvalue weighted by molar-refractivity contribution is -0.697. The van der Waals surface area contributed by atoms with Gasteiger partial charge in [-0.2, -0.15) is 0 Å². The molecule has 7 atom stereocenters. The zero-order chi connectivity index (χ0) is 52.9. The van der Waals surface area contributed by atoms with Crippen molar-refractivity contribution in [1.82, 2.24) is 20.1 Å². The number of aliphatic hydroxyl groups is 2. The van der Waals surface area contributed by atoms with Gasteiger partial charge in [-0.3, -0.25) is 38.1 Å². The third kappa shape index (κ3) is 21.0. The van der Waals surface area contributed by atoms with Crippen LogP contribution >= 0.6 is 7.82 Å². The molecular formula is C50H80N6O14P+. The van der Waals surface area contributed by atoms with Gasteiger partial charge in [-0.15, -0.1) is 0 Å². The van der Waals surface area contributed by atoms with Gasteiger partial charge in [0.2, 0.25) is 36.7 Å². The number of imidazole rings is 1. The first-order chi connectivity index (χ1) is 33.5. The maximum atomic E-state index is 14.5. The lowest BCUT2D eigenvalue weighted by Crippen LogP contribution is -2.52. The largest absolute Gasteiger partial charge is 0.475 e. The van der Waals surface area contributed by atoms with Crippen LogP contribution in [-0.2, 0) is 77.8 Å². The van der Waals surface area contributed by atoms with Crippen molar-refractivity contribution in [2.45, 2.75) is 169 Å². The fourth-order valence-corrected chi connectivity index (χ4v) is 9.31. The number of benzene rings is 1. The second-order valence-electron chi connectivity index (χ2n) is 20.0. The van der Waals surface area contributed by atoms with E-state index >= 15 is 0 Å². The second kappa shape index (κ2) is 29.6. The van der Waals surface area contributed by atoms with Crippen LogP contribution in [0.15, 0.2) is 42.9 Å². The number of ether oxygens (including phenoxy) is 1. The van der Waals surface area contributed by atoms with Gasteiger partial charge >= 0.3 is 13.8 Å². The van der Waals surface area contributed by atoms with E-state index in [9.17, 15) is 53.2 Å². The minimum Gasteiger partial charge on any atom is -0.437 e. The molecule has 2 heterocycles. The summed E-state index contributed by atoms with van der Waals surface area (Å²) in [7, 11) is -4.99. The van der Waals surface area contributed by atoms with Gasteiger partial charge in [-0.1, -0.05) is 63.4 Å². The van der Waals surface area contributed by atoms with Crippen LogP contribution < -0.4 is 20.9 Å². The predicted molar refractivity (Wildman–Crippen MR) is 261 cm³/mol. The smallest absolute Gasteiger partial charge is 0.437 e. The molecule has 398 valence electrons. The lowest BCUT2D eigenvalue weighted by Gasteiger charge is -2.27. The van der Waals surface area contributed by atoms with Gasteiger partial charge in [0.05, 0.1) is 49.2 Å². The standard InChI is InChI=1S/C50H79N6O14P/c1-34(2)26-41(52-48(64)43-21-17-23-56(43)36(4)59)44(60)28-38(27-39-30-54(24-25-57)32-55(39)22-16-11-9-8-10-13-18-37-19-14-12-15-20-37)47(63)53-42(31-58)45(61)29-40(46(51)62)35(3)70-71(66,67)69-33-68-49(65)50(5,6)7/h12,14-15,19-20,30,32,34-35,38,40-43,57-58H,8-11,13,16-18,21-29,31,33H2,1-7H3,(H4-,51,52,53,62,63,64,66,67)/p+1/t35-,38-,40+,41+,42+,43+/m1/s1. The SMILES string of the molecule is CC(=O)N1CCC[C@H]1C(=O)N[C@@H](CC(C)C)C(=O)C[C@@H](Cc1c[n+](CCO)cn1CCCCCCCCc1ccccc1)C(=O)N[C@@H](CO)C(=O)C[C@H](C(N)=O)[C@@H](C)OP(=O)(O)OCOC(=O)C(C)(C)C. The van der Waals surface area contributed by atoms with E-state index in [-0.39, 0.29) is 37.8 Å². The Labute approximate surface area is 418 Å². The zero-order valence-corrected chi connectivity index (χ0v) is 43.6. The average molecular weight is 1020 g/mol. The van der Waals surface area contributed by atoms with Gasteiger partial charge in [0.1, 0.15) is 30.5 Å². The first-order valence-electron chi connectivity index (χ1n) is 24.9. The first-order valence-corrected chi connectivity index (χ1v) is 26.3. The predicted octanol–water partition coefficient (Wildman–Crippen LogP) is 3.62. The van der Waals surface area contributed by atoms with Crippen molar-refractivity contribution in [2.75, 3.05) is 26.6 Å². The van der Waals surface area contributed by atoms with Crippen LogP contribution in [0.25, 0.3) is 0 Å². The Morgan fingerprint density at radius 3 is 2.17 bits per heavy atom. The Bertz CT molecular complexity index is 2110. The van der Waals surface area contributed by atoms with Crippen LogP contribution in [0.5, 0.6) is 0 Å². The minimum absolute atomic E-state index is 0.0312. The Hall–Kier alpha value is -4.85. The third-order valence-electron chi connectivity index (χ3n) is 12.5. The number of nitrogens with two attached hydrogens (primary N) is 1. The van der Waals surface area contributed by atoms with Crippen LogP contribution in [0.4, 0.5) is 0 Å². The van der Waals surface area contributed by atoms with Crippen LogP contribution in [-0.4, -0.2) is 117 Å². The molecule has 0 aliphatic carbocycles. The number of Topliss-reactive ketones (excluding diaryl/α,β-unsaturated/α-hetero) is 2. The molecule has 1 saturated heterocycles. The maximum absolute atomic E-state index is 14.5. The molecule has 1 aliphatic rings. The van der Waals surface area contributed by atoms with E-state index in [0.717, 1.165) is 44.9 Å². The molecule has 1 unspecified atom stereocenters. The molecule has 71 heavy (non-hydrogen) atoms. The molecule has 1 fully saturated rings. The average Bonchev–Trinajstić information content (AvgIpc) is 3.95. The van der Waals surface area contributed by atoms with E-state index < -0.39 is 111 Å². The number of nitrogens with one attached hydrogen (secondary N) is 2. The van der Waals surface area contributed by atoms with Gasteiger partial charge in [0, 0.05) is 32.7 Å². The van der Waals surface area contributed by atoms with Crippen LogP contribution in [0.1, 0.15) is 130 Å². The number of rotatable bonds is 33. The molecule has 1 aromatic carbocycles. The third-order valence-corrected chi connectivity index (χ3v) is 13.5. The number of ketones is 2. The van der Waals surface area contributed by atoms with Crippen molar-refractivity contribution in [3.05, 3.63) is 54.1 Å². The van der Waals surface area contributed by atoms with Crippen LogP contribution in [0.2, 0.25) is 0 Å². The monoisotopic (exact) mass is 1020 g/mol. The molecule has 4 amide bonds. The number of hydrogen-bond donors (Lipinski definition) is 6. The van der Waals surface area contributed by atoms with E-state index in [0.29, 0.717) is 31.6 Å². The van der Waals surface area contributed by atoms with E-state index in [1.165, 1.54) is 24.3 Å². The van der Waals surface area contributed by atoms with Crippen LogP contribution in [0.3, 0.4) is 0 Å². The molecule has 2 aromatic rings. The lowest BCUT2D eigenvalue weighted by atomic mass is 9.89. The molecule has 3 rings (SSSR count). The fourth-order valence-electron chi connectivity index (χ4n) is 8.50. The van der Waals surface area contributed by atoms with Gasteiger partial charge < -0.3 is 41.1 Å². The molecule has 20 nitrogen and oxygen atoms in total. The van der Waals surface area contributed by atoms with E-state index in [1.807, 2.05) is 42.9 Å². The minimum atomic E-state index is -4.99. The quantitative estimate of drug-likeness (QED) is 0.0196. The fraction of sp³-hybridized carbons (Fsp3) is 0.680. The number of aromatic nitrogens is 2. The summed E-state index contributed by atoms with van der Waals surface area (Å²) in [6.45, 7) is 10.2. The first kappa shape index (κ1) is 60.5. The van der Waals surface area contributed by atoms with Gasteiger partial charge in [-0.05, 0) is 84.1 Å². The van der Waals surface area contributed by atoms with Crippen molar-refractivity contribution in [3.63, 3.8) is 0 Å². The number of phosphoric ester groups is 1. The van der Waals surface area contributed by atoms with E-state index in [4.69, 9.17) is 19.5 Å². The Balaban J connectivity index is 1.84. The number of primary amides is 1. The van der Waals surface area contributed by atoms with Crippen molar-refractivity contribution >= 4 is 49.0 Å². The number of esters is 1. The summed E-state index contributed by atoms with van der Waals surface area (Å²) in [5.74, 6) is -7.54. The highest BCUT2D eigenvalue weighted by Crippen LogP contribution is 2.46. The highest BCUT2D eigenvalue weighted by Gasteiger charge is 2.39. The number of amides is 4. The number of nitrogens with zero attached hydrogens (tertiary/aromatic N) is 3. The highest BCUT2D eigenvalue weighted by atomic mass is 31.2. The summed E-state index contributed by atoms with van der Waals surface area (Å²) >= 11 is 0. The number of hydrogen-bond acceptors (Lipinski definition) is 13. The molecule has 0 bridgehead atoms. The number of carbonyl (C=O) groups excluding carboxylic acids is 7.